The van der Waals surface area contributed by atoms with Crippen LogP contribution in [0.3, 0.4) is 0 Å². The number of alkyl halides is 6. The van der Waals surface area contributed by atoms with E-state index in [-0.39, 0.29) is 0 Å². The fourth-order valence-electron chi connectivity index (χ4n) is 12.8. The maximum Gasteiger partial charge on any atom is 0.415 e. The van der Waals surface area contributed by atoms with Crippen molar-refractivity contribution in [1.82, 2.24) is 0 Å². The Kier molecular flexibility index (Phi) is 28.8. The van der Waals surface area contributed by atoms with Crippen LogP contribution in [-0.4, -0.2) is 6.18 Å². The highest BCUT2D eigenvalue weighted by atomic mass is 32.1. The predicted octanol–water partition coefficient (Wildman–Crippen LogP) is 31.5. The molecular formula is C103H102F6O2S-8. The molecule has 0 fully saturated rings. The lowest BCUT2D eigenvalue weighted by molar-refractivity contribution is -0.137. The van der Waals surface area contributed by atoms with Gasteiger partial charge < -0.3 is 8.83 Å². The molecule has 0 amide bonds. The van der Waals surface area contributed by atoms with Crippen LogP contribution in [0.25, 0.3) is 77.6 Å². The van der Waals surface area contributed by atoms with Crippen LogP contribution in [0, 0.1) is 124 Å². The molecule has 0 bridgehead atoms. The van der Waals surface area contributed by atoms with Crippen LogP contribution in [0.5, 0.6) is 0 Å². The quantitative estimate of drug-likeness (QED) is 0.0902. The van der Waals surface area contributed by atoms with Crippen LogP contribution >= 0.6 is 11.3 Å². The Morgan fingerprint density at radius 2 is 0.929 bits per heavy atom. The molecule has 16 rings (SSSR count). The summed E-state index contributed by atoms with van der Waals surface area (Å²) in [6.45, 7) is 39.0. The molecule has 3 heterocycles. The Morgan fingerprint density at radius 3 is 1.37 bits per heavy atom. The molecule has 2 nitrogen and oxygen atoms in total. The van der Waals surface area contributed by atoms with Gasteiger partial charge in [-0.1, -0.05) is 220 Å². The normalized spacial score (nSPS) is 12.1. The molecule has 3 aromatic heterocycles. The van der Waals surface area contributed by atoms with Crippen molar-refractivity contribution in [2.75, 3.05) is 0 Å². The number of halogens is 6. The smallest absolute Gasteiger partial charge is 0.351 e. The Labute approximate surface area is 665 Å². The minimum Gasteiger partial charge on any atom is -0.351 e. The van der Waals surface area contributed by atoms with Gasteiger partial charge in [-0.05, 0) is 60.1 Å². The van der Waals surface area contributed by atoms with Crippen LogP contribution in [0.2, 0.25) is 0 Å². The molecule has 9 heteroatoms. The summed E-state index contributed by atoms with van der Waals surface area (Å²) in [4.78, 5) is 2.75. The molecule has 0 atom stereocenters. The van der Waals surface area contributed by atoms with E-state index < -0.39 is 23.5 Å². The van der Waals surface area contributed by atoms with Crippen molar-refractivity contribution in [3.63, 3.8) is 0 Å². The number of hydrogen-bond donors (Lipinski definition) is 0. The van der Waals surface area contributed by atoms with Crippen molar-refractivity contribution in [2.45, 2.75) is 144 Å². The van der Waals surface area contributed by atoms with E-state index in [0.717, 1.165) is 74.2 Å². The Morgan fingerprint density at radius 1 is 0.393 bits per heavy atom. The molecule has 0 aliphatic heterocycles. The number of aryl methyl sites for hydroxylation is 17. The lowest BCUT2D eigenvalue weighted by atomic mass is 9.97. The number of rotatable bonds is 7. The molecule has 2 aliphatic rings. The molecule has 0 unspecified atom stereocenters. The molecule has 14 aromatic rings. The topological polar surface area (TPSA) is 22.6 Å². The highest BCUT2D eigenvalue weighted by Gasteiger charge is 2.30. The van der Waals surface area contributed by atoms with Gasteiger partial charge >= 0.3 is 12.4 Å². The van der Waals surface area contributed by atoms with E-state index >= 15 is 0 Å². The van der Waals surface area contributed by atoms with Gasteiger partial charge in [-0.15, -0.1) is 207 Å². The van der Waals surface area contributed by atoms with E-state index in [2.05, 4.69) is 265 Å². The van der Waals surface area contributed by atoms with Crippen LogP contribution in [0.4, 0.5) is 26.3 Å². The van der Waals surface area contributed by atoms with Gasteiger partial charge in [0.25, 0.3) is 0 Å². The average Bonchev–Trinajstić information content (AvgIpc) is 1.40. The SMILES string of the molecule is CC1=CC(=C2C=CC(C(F)(F)F)=C[CH-]2)C=C1C.Cc1cc(-c2cc(C)c(C)[cH-]2)cc(C(F)(F)F)c1.Cc1cc(-c2cc[c-](C)[o+]2)[c-](C)c1.Cc1cc[c-](-c2cc[c-](C)[o+]2)c1.Cc1cc[c-](-c2cc[c-](C)[s+]2)c1.Cc1ccc(-[c-]2ccc(C)c2)cc1.Cc1cccc(-[c-]2cc(C)c(C)c2)c1.Cc1cccc(-[c-]2ccc(C)c2)c1. The first-order valence-electron chi connectivity index (χ1n) is 37.7. The van der Waals surface area contributed by atoms with Gasteiger partial charge in [-0.3, -0.25) is 0 Å². The number of allylic oxidation sites excluding steroid dienone is 10. The lowest BCUT2D eigenvalue weighted by Crippen LogP contribution is -2.11. The zero-order chi connectivity index (χ0) is 81.3. The summed E-state index contributed by atoms with van der Waals surface area (Å²) in [5.74, 6) is 3.86. The Balaban J connectivity index is 0.000000147. The number of furan rings is 2. The van der Waals surface area contributed by atoms with Gasteiger partial charge in [-0.25, -0.2) is 0 Å². The summed E-state index contributed by atoms with van der Waals surface area (Å²) < 4.78 is 86.5. The van der Waals surface area contributed by atoms with Crippen molar-refractivity contribution in [2.24, 2.45) is 0 Å². The second kappa shape index (κ2) is 38.1. The van der Waals surface area contributed by atoms with Crippen LogP contribution in [0.1, 0.15) is 114 Å². The van der Waals surface area contributed by atoms with Gasteiger partial charge in [0.05, 0.1) is 16.2 Å². The third kappa shape index (κ3) is 24.6. The number of hydrogen-bond acceptors (Lipinski definition) is 0. The second-order valence-corrected chi connectivity index (χ2v) is 31.0. The first-order valence-corrected chi connectivity index (χ1v) is 38.5. The largest absolute Gasteiger partial charge is 0.415 e. The van der Waals surface area contributed by atoms with E-state index in [1.165, 1.54) is 146 Å². The summed E-state index contributed by atoms with van der Waals surface area (Å²) in [6.07, 6.45) is 0.664. The van der Waals surface area contributed by atoms with Gasteiger partial charge in [-0.2, -0.15) is 97.1 Å². The summed E-state index contributed by atoms with van der Waals surface area (Å²) in [5, 5.41) is 0. The standard InChI is InChI=1S/C15H14F3.C14H12F3.C14H15.2C13H13.C12H13O.C11H11O.C11H11S/c1-9-4-12(8-14(5-9)15(16,17)18)13-6-10(2)11(3)7-13;1-9-7-12(8-10(9)2)11-3-5-13(6-4-11)14(15,16)17;1-10-5-4-6-13(7-10)14-8-11(2)12(3)9-14;1-10-3-6-12(7-4-10)13-8-5-11(2)9-13;1-10-4-3-5-12(8-10)13-7-6-11(2)9-13;1-8-6-9(2)11(7-8)12-5-4-10(3)13-12;2*1-8-3-5-10(7-8)11-6-4-9(2)12-11/h4-8H,1-3H3;3-8H,1-2H3;4-9H,1-3H3;2*3-9H,1-2H3;4-7H,1-3H3;2*3-7H,1-2H3/q8*-1. The van der Waals surface area contributed by atoms with Gasteiger partial charge in [0.2, 0.25) is 17.3 Å². The maximum absolute atomic E-state index is 12.7. The third-order valence-corrected chi connectivity index (χ3v) is 20.5. The van der Waals surface area contributed by atoms with E-state index in [0.29, 0.717) is 11.1 Å². The monoisotopic (exact) mass is 1520 g/mol. The van der Waals surface area contributed by atoms with E-state index in [4.69, 9.17) is 8.83 Å². The van der Waals surface area contributed by atoms with Crippen LogP contribution in [0.15, 0.2) is 304 Å². The molecular weight excluding hydrogens is 1420 g/mol. The van der Waals surface area contributed by atoms with Gasteiger partial charge in [0.1, 0.15) is 0 Å². The summed E-state index contributed by atoms with van der Waals surface area (Å²) in [6, 6.07) is 81.0. The van der Waals surface area contributed by atoms with E-state index in [1.54, 1.807) is 13.0 Å². The summed E-state index contributed by atoms with van der Waals surface area (Å²) >= 11 is 1.85. The third-order valence-electron chi connectivity index (χ3n) is 19.4. The Bertz CT molecular complexity index is 5350. The fraction of sp³-hybridized carbons (Fsp3) is 0.204. The van der Waals surface area contributed by atoms with Crippen molar-refractivity contribution < 1.29 is 35.2 Å². The number of thiophene rings is 1. The summed E-state index contributed by atoms with van der Waals surface area (Å²) in [5.41, 5.74) is 33.4. The second-order valence-electron chi connectivity index (χ2n) is 29.7. The highest BCUT2D eigenvalue weighted by molar-refractivity contribution is 7.15. The minimum absolute atomic E-state index is 0.589. The highest BCUT2D eigenvalue weighted by Crippen LogP contribution is 2.38. The van der Waals surface area contributed by atoms with E-state index in [9.17, 15) is 26.3 Å². The molecule has 0 spiro atoms. The van der Waals surface area contributed by atoms with Crippen molar-refractivity contribution in [3.8, 4) is 77.6 Å². The summed E-state index contributed by atoms with van der Waals surface area (Å²) in [7, 11) is 0. The maximum atomic E-state index is 12.7. The average molecular weight is 1520 g/mol. The van der Waals surface area contributed by atoms with E-state index in [1.807, 2.05) is 101 Å². The van der Waals surface area contributed by atoms with Crippen molar-refractivity contribution in [3.05, 3.63) is 401 Å². The molecule has 112 heavy (non-hydrogen) atoms. The Hall–Kier alpha value is -11.3. The first-order chi connectivity index (χ1) is 53.0. The van der Waals surface area contributed by atoms with Gasteiger partial charge in [0.15, 0.2) is 5.76 Å². The van der Waals surface area contributed by atoms with Crippen LogP contribution < -0.4 is 0 Å². The van der Waals surface area contributed by atoms with Gasteiger partial charge in [0, 0.05) is 24.3 Å². The molecule has 0 saturated heterocycles. The zero-order valence-corrected chi connectivity index (χ0v) is 68.8. The van der Waals surface area contributed by atoms with Crippen molar-refractivity contribution >= 4 is 11.3 Å². The predicted molar refractivity (Wildman–Crippen MR) is 462 cm³/mol. The molecule has 582 valence electrons. The van der Waals surface area contributed by atoms with Crippen LogP contribution in [-0.2, 0) is 6.18 Å². The van der Waals surface area contributed by atoms with Crippen molar-refractivity contribution in [1.29, 1.82) is 0 Å². The lowest BCUT2D eigenvalue weighted by Gasteiger charge is -2.20. The molecule has 0 saturated carbocycles. The minimum atomic E-state index is -4.29. The molecule has 11 aromatic carbocycles. The zero-order valence-electron chi connectivity index (χ0n) is 68.0. The fourth-order valence-corrected chi connectivity index (χ4v) is 13.7. The molecule has 2 aliphatic carbocycles. The molecule has 0 N–H and O–H groups in total. The molecule has 0 radical (unpaired) electrons. The number of benzene rings is 4. The first kappa shape index (κ1) is 84.8.